The van der Waals surface area contributed by atoms with Gasteiger partial charge in [-0.25, -0.2) is 17.7 Å². The number of nitrogens with zero attached hydrogens (tertiary/aromatic N) is 2. The minimum Gasteiger partial charge on any atom is -0.274 e. The SMILES string of the molecule is CCC1CC(=O)N(S(=O)(=O)c2cnc(Cl)s2)C1. The van der Waals surface area contributed by atoms with Crippen molar-refractivity contribution >= 4 is 38.9 Å². The van der Waals surface area contributed by atoms with E-state index in [1.54, 1.807) is 0 Å². The maximum absolute atomic E-state index is 12.1. The van der Waals surface area contributed by atoms with Gasteiger partial charge in [-0.15, -0.1) is 0 Å². The minimum absolute atomic E-state index is 0.0209. The zero-order chi connectivity index (χ0) is 12.6. The molecule has 94 valence electrons. The number of amides is 1. The Morgan fingerprint density at radius 2 is 2.35 bits per heavy atom. The number of thiazole rings is 1. The number of rotatable bonds is 3. The van der Waals surface area contributed by atoms with Crippen LogP contribution in [-0.4, -0.2) is 30.2 Å². The molecule has 0 bridgehead atoms. The Kier molecular flexibility index (Phi) is 3.42. The zero-order valence-corrected chi connectivity index (χ0v) is 11.5. The van der Waals surface area contributed by atoms with Gasteiger partial charge in [0, 0.05) is 13.0 Å². The first-order valence-electron chi connectivity index (χ1n) is 5.12. The molecule has 2 rings (SSSR count). The summed E-state index contributed by atoms with van der Waals surface area (Å²) in [7, 11) is -3.75. The van der Waals surface area contributed by atoms with Crippen LogP contribution in [0, 0.1) is 5.92 Å². The third-order valence-corrected chi connectivity index (χ3v) is 6.08. The summed E-state index contributed by atoms with van der Waals surface area (Å²) in [6, 6.07) is 0. The molecule has 1 amide bonds. The molecule has 0 radical (unpaired) electrons. The molecule has 1 aliphatic rings. The Morgan fingerprint density at radius 3 is 2.82 bits per heavy atom. The molecule has 1 fully saturated rings. The first-order chi connectivity index (χ1) is 7.95. The Bertz CT molecular complexity index is 540. The summed E-state index contributed by atoms with van der Waals surface area (Å²) in [6.45, 7) is 2.20. The van der Waals surface area contributed by atoms with Crippen LogP contribution in [0.25, 0.3) is 0 Å². The average molecular weight is 295 g/mol. The van der Waals surface area contributed by atoms with E-state index >= 15 is 0 Å². The molecule has 0 aromatic carbocycles. The molecule has 1 unspecified atom stereocenters. The molecular weight excluding hydrogens is 284 g/mol. The summed E-state index contributed by atoms with van der Waals surface area (Å²) >= 11 is 6.47. The van der Waals surface area contributed by atoms with Crippen molar-refractivity contribution in [3.63, 3.8) is 0 Å². The third-order valence-electron chi connectivity index (χ3n) is 2.74. The largest absolute Gasteiger partial charge is 0.277 e. The summed E-state index contributed by atoms with van der Waals surface area (Å²) in [5.41, 5.74) is 0. The van der Waals surface area contributed by atoms with Crippen molar-refractivity contribution in [2.45, 2.75) is 24.0 Å². The van der Waals surface area contributed by atoms with Crippen LogP contribution in [0.5, 0.6) is 0 Å². The van der Waals surface area contributed by atoms with E-state index in [2.05, 4.69) is 4.98 Å². The van der Waals surface area contributed by atoms with E-state index in [1.165, 1.54) is 6.20 Å². The molecule has 0 spiro atoms. The quantitative estimate of drug-likeness (QED) is 0.851. The number of halogens is 1. The lowest BCUT2D eigenvalue weighted by molar-refractivity contribution is -0.123. The zero-order valence-electron chi connectivity index (χ0n) is 9.09. The van der Waals surface area contributed by atoms with Crippen molar-refractivity contribution in [3.05, 3.63) is 10.7 Å². The number of hydrogen-bond donors (Lipinski definition) is 0. The molecule has 17 heavy (non-hydrogen) atoms. The van der Waals surface area contributed by atoms with E-state index < -0.39 is 10.0 Å². The van der Waals surface area contributed by atoms with Crippen LogP contribution in [0.2, 0.25) is 4.47 Å². The lowest BCUT2D eigenvalue weighted by atomic mass is 10.1. The fourth-order valence-corrected chi connectivity index (χ4v) is 4.62. The predicted molar refractivity (Wildman–Crippen MR) is 64.4 cm³/mol. The van der Waals surface area contributed by atoms with Gasteiger partial charge in [0.05, 0.1) is 6.20 Å². The molecule has 0 N–H and O–H groups in total. The standard InChI is InChI=1S/C9H11ClN2O3S2/c1-2-6-3-7(13)12(5-6)17(14,15)8-4-11-9(10)16-8/h4,6H,2-3,5H2,1H3. The monoisotopic (exact) mass is 294 g/mol. The van der Waals surface area contributed by atoms with E-state index in [9.17, 15) is 13.2 Å². The molecule has 1 atom stereocenters. The molecule has 2 heterocycles. The molecule has 5 nitrogen and oxygen atoms in total. The molecule has 8 heteroatoms. The topological polar surface area (TPSA) is 67.3 Å². The maximum atomic E-state index is 12.1. The molecule has 1 aliphatic heterocycles. The van der Waals surface area contributed by atoms with E-state index in [-0.39, 0.29) is 27.0 Å². The molecule has 1 saturated heterocycles. The summed E-state index contributed by atoms with van der Waals surface area (Å²) < 4.78 is 25.4. The average Bonchev–Trinajstić information content (AvgIpc) is 2.85. The lowest BCUT2D eigenvalue weighted by Crippen LogP contribution is -2.31. The van der Waals surface area contributed by atoms with Crippen molar-refractivity contribution < 1.29 is 13.2 Å². The number of aromatic nitrogens is 1. The highest BCUT2D eigenvalue weighted by Crippen LogP contribution is 2.30. The van der Waals surface area contributed by atoms with Gasteiger partial charge < -0.3 is 0 Å². The van der Waals surface area contributed by atoms with Crippen molar-refractivity contribution in [3.8, 4) is 0 Å². The predicted octanol–water partition coefficient (Wildman–Crippen LogP) is 1.74. The van der Waals surface area contributed by atoms with Gasteiger partial charge in [-0.05, 0) is 5.92 Å². The van der Waals surface area contributed by atoms with E-state index in [0.717, 1.165) is 22.1 Å². The number of hydrogen-bond acceptors (Lipinski definition) is 5. The van der Waals surface area contributed by atoms with Gasteiger partial charge in [-0.2, -0.15) is 0 Å². The van der Waals surface area contributed by atoms with Crippen molar-refractivity contribution in [2.24, 2.45) is 5.92 Å². The van der Waals surface area contributed by atoms with Crippen molar-refractivity contribution in [2.75, 3.05) is 6.54 Å². The second-order valence-corrected chi connectivity index (χ2v) is 7.54. The van der Waals surface area contributed by atoms with Gasteiger partial charge in [0.25, 0.3) is 10.0 Å². The fraction of sp³-hybridized carbons (Fsp3) is 0.556. The van der Waals surface area contributed by atoms with Crippen LogP contribution >= 0.6 is 22.9 Å². The lowest BCUT2D eigenvalue weighted by Gasteiger charge is -2.14. The molecule has 0 saturated carbocycles. The number of sulfonamides is 1. The smallest absolute Gasteiger partial charge is 0.274 e. The van der Waals surface area contributed by atoms with Gasteiger partial charge in [0.15, 0.2) is 8.68 Å². The minimum atomic E-state index is -3.75. The maximum Gasteiger partial charge on any atom is 0.277 e. The summed E-state index contributed by atoms with van der Waals surface area (Å²) in [5.74, 6) is -0.234. The third kappa shape index (κ3) is 2.31. The van der Waals surface area contributed by atoms with Gasteiger partial charge in [0.1, 0.15) is 0 Å². The fourth-order valence-electron chi connectivity index (χ4n) is 1.72. The summed E-state index contributed by atoms with van der Waals surface area (Å²) in [6.07, 6.45) is 2.28. The normalized spacial score (nSPS) is 21.2. The van der Waals surface area contributed by atoms with Crippen LogP contribution in [0.1, 0.15) is 19.8 Å². The van der Waals surface area contributed by atoms with Crippen LogP contribution in [0.4, 0.5) is 0 Å². The van der Waals surface area contributed by atoms with Crippen molar-refractivity contribution in [1.82, 2.24) is 9.29 Å². The van der Waals surface area contributed by atoms with Gasteiger partial charge in [-0.3, -0.25) is 4.79 Å². The van der Waals surface area contributed by atoms with E-state index in [1.807, 2.05) is 6.92 Å². The van der Waals surface area contributed by atoms with E-state index in [4.69, 9.17) is 11.6 Å². The Labute approximate surface area is 108 Å². The van der Waals surface area contributed by atoms with Crippen molar-refractivity contribution in [1.29, 1.82) is 0 Å². The molecular formula is C9H11ClN2O3S2. The summed E-state index contributed by atoms with van der Waals surface area (Å²) in [5, 5.41) is 0. The number of carbonyl (C=O) groups is 1. The van der Waals surface area contributed by atoms with Crippen LogP contribution in [0.15, 0.2) is 10.4 Å². The van der Waals surface area contributed by atoms with E-state index in [0.29, 0.717) is 6.42 Å². The molecule has 1 aromatic heterocycles. The summed E-state index contributed by atoms with van der Waals surface area (Å²) in [4.78, 5) is 15.4. The molecule has 1 aromatic rings. The molecule has 0 aliphatic carbocycles. The van der Waals surface area contributed by atoms with Gasteiger partial charge in [-0.1, -0.05) is 36.3 Å². The Balaban J connectivity index is 2.31. The highest BCUT2D eigenvalue weighted by molar-refractivity contribution is 7.91. The van der Waals surface area contributed by atoms with Gasteiger partial charge in [0.2, 0.25) is 5.91 Å². The highest BCUT2D eigenvalue weighted by atomic mass is 35.5. The van der Waals surface area contributed by atoms with Crippen LogP contribution in [-0.2, 0) is 14.8 Å². The second-order valence-electron chi connectivity index (χ2n) is 3.84. The van der Waals surface area contributed by atoms with Crippen LogP contribution in [0.3, 0.4) is 0 Å². The second kappa shape index (κ2) is 4.55. The van der Waals surface area contributed by atoms with Gasteiger partial charge >= 0.3 is 0 Å². The highest BCUT2D eigenvalue weighted by Gasteiger charge is 2.38. The number of carbonyl (C=O) groups excluding carboxylic acids is 1. The Hall–Kier alpha value is -0.660. The first kappa shape index (κ1) is 12.8. The Morgan fingerprint density at radius 1 is 1.65 bits per heavy atom. The first-order valence-corrected chi connectivity index (χ1v) is 7.75. The van der Waals surface area contributed by atoms with Crippen LogP contribution < -0.4 is 0 Å².